The summed E-state index contributed by atoms with van der Waals surface area (Å²) in [6, 6.07) is 5.12. The van der Waals surface area contributed by atoms with Crippen LogP contribution < -0.4 is 5.32 Å². The fourth-order valence-electron chi connectivity index (χ4n) is 1.18. The molecule has 0 radical (unpaired) electrons. The zero-order valence-electron chi connectivity index (χ0n) is 8.89. The van der Waals surface area contributed by atoms with E-state index in [0.29, 0.717) is 0 Å². The number of hydrogen-bond donors (Lipinski definition) is 3. The maximum absolute atomic E-state index is 12.8. The van der Waals surface area contributed by atoms with Crippen molar-refractivity contribution in [3.8, 4) is 0 Å². The zero-order valence-corrected chi connectivity index (χ0v) is 8.89. The maximum Gasteiger partial charge on any atom is 0.332 e. The monoisotopic (exact) mass is 241 g/mol. The molecule has 1 unspecified atom stereocenters. The summed E-state index contributed by atoms with van der Waals surface area (Å²) in [4.78, 5) is 21.7. The molecule has 17 heavy (non-hydrogen) atoms. The number of aliphatic carboxylic acids is 1. The number of rotatable bonds is 5. The number of benzene rings is 1. The third-order valence-electron chi connectivity index (χ3n) is 2.08. The molecule has 92 valence electrons. The van der Waals surface area contributed by atoms with Crippen LogP contribution in [0.25, 0.3) is 0 Å². The molecule has 0 aliphatic heterocycles. The summed E-state index contributed by atoms with van der Waals surface area (Å²) in [5.74, 6) is -2.38. The predicted molar refractivity (Wildman–Crippen MR) is 57.0 cm³/mol. The molecule has 5 nitrogen and oxygen atoms in total. The number of aliphatic hydroxyl groups is 1. The Morgan fingerprint density at radius 3 is 2.71 bits per heavy atom. The summed E-state index contributed by atoms with van der Waals surface area (Å²) in [6.07, 6.45) is -1.61. The molecular weight excluding hydrogens is 229 g/mol. The van der Waals surface area contributed by atoms with Crippen molar-refractivity contribution in [3.05, 3.63) is 35.6 Å². The molecule has 3 N–H and O–H groups in total. The lowest BCUT2D eigenvalue weighted by molar-refractivity contribution is -0.146. The number of aliphatic hydroxyl groups excluding tert-OH is 1. The molecule has 1 amide bonds. The molecular formula is C11H12FNO4. The van der Waals surface area contributed by atoms with Crippen molar-refractivity contribution in [2.45, 2.75) is 12.5 Å². The third-order valence-corrected chi connectivity index (χ3v) is 2.08. The van der Waals surface area contributed by atoms with Gasteiger partial charge in [0.05, 0.1) is 0 Å². The summed E-state index contributed by atoms with van der Waals surface area (Å²) in [5.41, 5.74) is 0.148. The van der Waals surface area contributed by atoms with Crippen molar-refractivity contribution in [1.82, 2.24) is 5.32 Å². The molecule has 0 aliphatic carbocycles. The van der Waals surface area contributed by atoms with E-state index in [0.717, 1.165) is 6.07 Å². The van der Waals surface area contributed by atoms with E-state index in [-0.39, 0.29) is 18.5 Å². The summed E-state index contributed by atoms with van der Waals surface area (Å²) in [5, 5.41) is 19.7. The maximum atomic E-state index is 12.8. The fourth-order valence-corrected chi connectivity index (χ4v) is 1.18. The van der Waals surface area contributed by atoms with Gasteiger partial charge in [-0.3, -0.25) is 4.79 Å². The summed E-state index contributed by atoms with van der Waals surface area (Å²) in [7, 11) is 0. The molecule has 0 saturated heterocycles. The van der Waals surface area contributed by atoms with Crippen molar-refractivity contribution in [3.63, 3.8) is 0 Å². The van der Waals surface area contributed by atoms with Gasteiger partial charge in [-0.2, -0.15) is 0 Å². The van der Waals surface area contributed by atoms with Gasteiger partial charge in [0, 0.05) is 18.5 Å². The van der Waals surface area contributed by atoms with Crippen LogP contribution in [0.2, 0.25) is 0 Å². The van der Waals surface area contributed by atoms with Crippen molar-refractivity contribution >= 4 is 11.9 Å². The van der Waals surface area contributed by atoms with Crippen molar-refractivity contribution in [1.29, 1.82) is 0 Å². The van der Waals surface area contributed by atoms with Gasteiger partial charge in [0.25, 0.3) is 5.91 Å². The Balaban J connectivity index is 2.43. The van der Waals surface area contributed by atoms with Crippen LogP contribution in [0.5, 0.6) is 0 Å². The molecule has 0 bridgehead atoms. The number of carboxylic acids is 1. The largest absolute Gasteiger partial charge is 0.479 e. The van der Waals surface area contributed by atoms with Gasteiger partial charge in [0.15, 0.2) is 6.10 Å². The Bertz CT molecular complexity index is 422. The fraction of sp³-hybridized carbons (Fsp3) is 0.273. The number of halogens is 1. The van der Waals surface area contributed by atoms with E-state index < -0.39 is 23.8 Å². The SMILES string of the molecule is O=C(NCCC(O)C(=O)O)c1cccc(F)c1. The topological polar surface area (TPSA) is 86.6 Å². The van der Waals surface area contributed by atoms with Crippen molar-refractivity contribution in [2.75, 3.05) is 6.54 Å². The molecule has 1 aromatic rings. The number of carbonyl (C=O) groups excluding carboxylic acids is 1. The van der Waals surface area contributed by atoms with Crippen LogP contribution in [0, 0.1) is 5.82 Å². The standard InChI is InChI=1S/C11H12FNO4/c12-8-3-1-2-7(6-8)10(15)13-5-4-9(14)11(16)17/h1-3,6,9,14H,4-5H2,(H,13,15)(H,16,17). The normalized spacial score (nSPS) is 11.9. The molecule has 0 saturated carbocycles. The lowest BCUT2D eigenvalue weighted by Gasteiger charge is -2.07. The van der Waals surface area contributed by atoms with Crippen LogP contribution in [0.3, 0.4) is 0 Å². The highest BCUT2D eigenvalue weighted by molar-refractivity contribution is 5.94. The van der Waals surface area contributed by atoms with E-state index in [4.69, 9.17) is 10.2 Å². The number of carboxylic acid groups (broad SMARTS) is 1. The number of carbonyl (C=O) groups is 2. The van der Waals surface area contributed by atoms with Crippen LogP contribution in [-0.2, 0) is 4.79 Å². The first kappa shape index (κ1) is 13.1. The highest BCUT2D eigenvalue weighted by Crippen LogP contribution is 2.03. The second kappa shape index (κ2) is 5.95. The molecule has 0 aromatic heterocycles. The van der Waals surface area contributed by atoms with Gasteiger partial charge in [-0.1, -0.05) is 6.07 Å². The Kier molecular flexibility index (Phi) is 4.59. The molecule has 1 aromatic carbocycles. The van der Waals surface area contributed by atoms with E-state index in [1.165, 1.54) is 18.2 Å². The van der Waals surface area contributed by atoms with Crippen LogP contribution in [0.15, 0.2) is 24.3 Å². The minimum absolute atomic E-state index is 0.00279. The van der Waals surface area contributed by atoms with E-state index in [1.54, 1.807) is 0 Å². The Hall–Kier alpha value is -1.95. The molecule has 0 spiro atoms. The first-order valence-electron chi connectivity index (χ1n) is 4.95. The minimum Gasteiger partial charge on any atom is -0.479 e. The first-order valence-corrected chi connectivity index (χ1v) is 4.95. The van der Waals surface area contributed by atoms with Crippen LogP contribution >= 0.6 is 0 Å². The molecule has 1 atom stereocenters. The average Bonchev–Trinajstić information content (AvgIpc) is 2.28. The average molecular weight is 241 g/mol. The van der Waals surface area contributed by atoms with E-state index in [1.807, 2.05) is 0 Å². The molecule has 0 aliphatic rings. The molecule has 0 heterocycles. The Labute approximate surface area is 96.9 Å². The van der Waals surface area contributed by atoms with Crippen LogP contribution in [0.1, 0.15) is 16.8 Å². The van der Waals surface area contributed by atoms with Gasteiger partial charge in [-0.15, -0.1) is 0 Å². The van der Waals surface area contributed by atoms with Crippen LogP contribution in [0.4, 0.5) is 4.39 Å². The quantitative estimate of drug-likeness (QED) is 0.696. The van der Waals surface area contributed by atoms with Gasteiger partial charge in [-0.05, 0) is 18.2 Å². The highest BCUT2D eigenvalue weighted by Gasteiger charge is 2.13. The minimum atomic E-state index is -1.51. The second-order valence-electron chi connectivity index (χ2n) is 3.41. The molecule has 1 rings (SSSR count). The number of amides is 1. The van der Waals surface area contributed by atoms with Gasteiger partial charge in [0.1, 0.15) is 5.82 Å². The first-order chi connectivity index (χ1) is 8.00. The number of hydrogen-bond acceptors (Lipinski definition) is 3. The smallest absolute Gasteiger partial charge is 0.332 e. The van der Waals surface area contributed by atoms with E-state index >= 15 is 0 Å². The van der Waals surface area contributed by atoms with Gasteiger partial charge in [-0.25, -0.2) is 9.18 Å². The Morgan fingerprint density at radius 2 is 2.12 bits per heavy atom. The van der Waals surface area contributed by atoms with Crippen molar-refractivity contribution in [2.24, 2.45) is 0 Å². The molecule has 6 heteroatoms. The summed E-state index contributed by atoms with van der Waals surface area (Å²) >= 11 is 0. The van der Waals surface area contributed by atoms with Gasteiger partial charge in [0.2, 0.25) is 0 Å². The lowest BCUT2D eigenvalue weighted by Crippen LogP contribution is -2.30. The van der Waals surface area contributed by atoms with Gasteiger partial charge >= 0.3 is 5.97 Å². The van der Waals surface area contributed by atoms with Crippen molar-refractivity contribution < 1.29 is 24.2 Å². The predicted octanol–water partition coefficient (Wildman–Crippen LogP) is 0.391. The second-order valence-corrected chi connectivity index (χ2v) is 3.41. The third kappa shape index (κ3) is 4.20. The highest BCUT2D eigenvalue weighted by atomic mass is 19.1. The summed E-state index contributed by atoms with van der Waals surface area (Å²) < 4.78 is 12.8. The van der Waals surface area contributed by atoms with E-state index in [2.05, 4.69) is 5.32 Å². The molecule has 0 fully saturated rings. The number of nitrogens with one attached hydrogen (secondary N) is 1. The van der Waals surface area contributed by atoms with Gasteiger partial charge < -0.3 is 15.5 Å². The van der Waals surface area contributed by atoms with E-state index in [9.17, 15) is 14.0 Å². The van der Waals surface area contributed by atoms with Crippen LogP contribution in [-0.4, -0.2) is 34.7 Å². The summed E-state index contributed by atoms with van der Waals surface area (Å²) in [6.45, 7) is 0.00279. The Morgan fingerprint density at radius 1 is 1.41 bits per heavy atom. The zero-order chi connectivity index (χ0) is 12.8. The lowest BCUT2D eigenvalue weighted by atomic mass is 10.2.